The Bertz CT molecular complexity index is 449. The number of nitrogens with zero attached hydrogens (tertiary/aromatic N) is 1. The Labute approximate surface area is 117 Å². The van der Waals surface area contributed by atoms with Gasteiger partial charge >= 0.3 is 0 Å². The van der Waals surface area contributed by atoms with Gasteiger partial charge < -0.3 is 10.0 Å². The zero-order valence-electron chi connectivity index (χ0n) is 12.9. The number of benzene rings is 1. The van der Waals surface area contributed by atoms with Crippen LogP contribution in [0.3, 0.4) is 0 Å². The molecule has 2 unspecified atom stereocenters. The lowest BCUT2D eigenvalue weighted by atomic mass is 9.61. The lowest BCUT2D eigenvalue weighted by molar-refractivity contribution is -0.0482. The molecule has 1 N–H and O–H groups in total. The highest BCUT2D eigenvalue weighted by Gasteiger charge is 2.48. The maximum atomic E-state index is 10.8. The molecule has 2 rings (SSSR count). The summed E-state index contributed by atoms with van der Waals surface area (Å²) < 4.78 is 0. The highest BCUT2D eigenvalue weighted by atomic mass is 16.3. The van der Waals surface area contributed by atoms with E-state index < -0.39 is 5.60 Å². The summed E-state index contributed by atoms with van der Waals surface area (Å²) in [7, 11) is 2.18. The Hall–Kier alpha value is -0.860. The maximum absolute atomic E-state index is 10.8. The molecule has 0 amide bonds. The second-order valence-corrected chi connectivity index (χ2v) is 6.79. The SMILES string of the molecule is Cc1cccc(C2(C(C)(C)O)CCN(C)C(C)C2)c1. The van der Waals surface area contributed by atoms with Gasteiger partial charge in [0.2, 0.25) is 0 Å². The number of hydrogen-bond acceptors (Lipinski definition) is 2. The Morgan fingerprint density at radius 2 is 2.05 bits per heavy atom. The fourth-order valence-corrected chi connectivity index (χ4v) is 3.46. The molecular formula is C17H27NO. The monoisotopic (exact) mass is 261 g/mol. The van der Waals surface area contributed by atoms with Gasteiger partial charge in [0.25, 0.3) is 0 Å². The molecule has 0 saturated carbocycles. The Morgan fingerprint density at radius 1 is 1.37 bits per heavy atom. The third-order valence-corrected chi connectivity index (χ3v) is 5.03. The number of hydrogen-bond donors (Lipinski definition) is 1. The largest absolute Gasteiger partial charge is 0.390 e. The number of aliphatic hydroxyl groups is 1. The topological polar surface area (TPSA) is 23.5 Å². The van der Waals surface area contributed by atoms with Crippen molar-refractivity contribution in [3.63, 3.8) is 0 Å². The third-order valence-electron chi connectivity index (χ3n) is 5.03. The van der Waals surface area contributed by atoms with Gasteiger partial charge in [-0.1, -0.05) is 29.8 Å². The summed E-state index contributed by atoms with van der Waals surface area (Å²) in [5.74, 6) is 0. The Balaban J connectivity index is 2.48. The van der Waals surface area contributed by atoms with Crippen molar-refractivity contribution >= 4 is 0 Å². The fraction of sp³-hybridized carbons (Fsp3) is 0.647. The number of aryl methyl sites for hydroxylation is 1. The summed E-state index contributed by atoms with van der Waals surface area (Å²) in [6.45, 7) is 9.36. The first-order chi connectivity index (χ1) is 8.76. The van der Waals surface area contributed by atoms with Crippen LogP contribution in [0.5, 0.6) is 0 Å². The van der Waals surface area contributed by atoms with Crippen LogP contribution in [0.4, 0.5) is 0 Å². The average molecular weight is 261 g/mol. The van der Waals surface area contributed by atoms with Gasteiger partial charge in [0.05, 0.1) is 5.60 Å². The molecule has 1 saturated heterocycles. The van der Waals surface area contributed by atoms with Gasteiger partial charge in [-0.15, -0.1) is 0 Å². The summed E-state index contributed by atoms with van der Waals surface area (Å²) >= 11 is 0. The zero-order valence-corrected chi connectivity index (χ0v) is 12.9. The molecular weight excluding hydrogens is 234 g/mol. The summed E-state index contributed by atoms with van der Waals surface area (Å²) in [5, 5.41) is 10.8. The molecule has 106 valence electrons. The van der Waals surface area contributed by atoms with E-state index in [0.717, 1.165) is 19.4 Å². The summed E-state index contributed by atoms with van der Waals surface area (Å²) in [6.07, 6.45) is 2.03. The second kappa shape index (κ2) is 4.92. The van der Waals surface area contributed by atoms with Crippen LogP contribution in [0.25, 0.3) is 0 Å². The molecule has 1 aliphatic heterocycles. The molecule has 0 aliphatic carbocycles. The van der Waals surface area contributed by atoms with Gasteiger partial charge in [-0.25, -0.2) is 0 Å². The standard InChI is InChI=1S/C17H27NO/c1-13-7-6-8-15(11-13)17(16(3,4)19)9-10-18(5)14(2)12-17/h6-8,11,14,19H,9-10,12H2,1-5H3. The molecule has 19 heavy (non-hydrogen) atoms. The molecule has 2 heteroatoms. The van der Waals surface area contributed by atoms with Crippen molar-refractivity contribution in [2.24, 2.45) is 0 Å². The van der Waals surface area contributed by atoms with Gasteiger partial charge in [-0.2, -0.15) is 0 Å². The van der Waals surface area contributed by atoms with Crippen LogP contribution in [-0.2, 0) is 5.41 Å². The molecule has 2 nitrogen and oxygen atoms in total. The Kier molecular flexibility index (Phi) is 3.76. The van der Waals surface area contributed by atoms with Gasteiger partial charge in [0.15, 0.2) is 0 Å². The highest BCUT2D eigenvalue weighted by molar-refractivity contribution is 5.33. The third kappa shape index (κ3) is 2.56. The molecule has 0 spiro atoms. The second-order valence-electron chi connectivity index (χ2n) is 6.79. The van der Waals surface area contributed by atoms with Crippen molar-refractivity contribution in [3.8, 4) is 0 Å². The van der Waals surface area contributed by atoms with E-state index in [1.807, 2.05) is 13.8 Å². The molecule has 1 aliphatic rings. The normalized spacial score (nSPS) is 29.5. The van der Waals surface area contributed by atoms with E-state index in [0.29, 0.717) is 6.04 Å². The van der Waals surface area contributed by atoms with E-state index in [1.165, 1.54) is 11.1 Å². The van der Waals surface area contributed by atoms with E-state index in [9.17, 15) is 5.11 Å². The van der Waals surface area contributed by atoms with Gasteiger partial charge in [-0.05, 0) is 59.7 Å². The van der Waals surface area contributed by atoms with Crippen LogP contribution in [0.1, 0.15) is 44.7 Å². The van der Waals surface area contributed by atoms with Crippen molar-refractivity contribution in [1.29, 1.82) is 0 Å². The molecule has 0 radical (unpaired) electrons. The minimum absolute atomic E-state index is 0.134. The van der Waals surface area contributed by atoms with Crippen LogP contribution >= 0.6 is 0 Å². The zero-order chi connectivity index (χ0) is 14.3. The van der Waals surface area contributed by atoms with Gasteiger partial charge in [-0.3, -0.25) is 0 Å². The molecule has 1 fully saturated rings. The van der Waals surface area contributed by atoms with Crippen LogP contribution in [0.15, 0.2) is 24.3 Å². The predicted octanol–water partition coefficient (Wildman–Crippen LogP) is 3.12. The molecule has 0 aromatic heterocycles. The molecule has 1 heterocycles. The number of rotatable bonds is 2. The first-order valence-electron chi connectivity index (χ1n) is 7.26. The minimum Gasteiger partial charge on any atom is -0.390 e. The first-order valence-corrected chi connectivity index (χ1v) is 7.26. The maximum Gasteiger partial charge on any atom is 0.0689 e. The van der Waals surface area contributed by atoms with Crippen LogP contribution in [0.2, 0.25) is 0 Å². The van der Waals surface area contributed by atoms with Crippen molar-refractivity contribution < 1.29 is 5.11 Å². The molecule has 1 aromatic rings. The van der Waals surface area contributed by atoms with Crippen LogP contribution in [0, 0.1) is 6.92 Å². The van der Waals surface area contributed by atoms with Gasteiger partial charge in [0.1, 0.15) is 0 Å². The average Bonchev–Trinajstić information content (AvgIpc) is 2.31. The molecule has 1 aromatic carbocycles. The summed E-state index contributed by atoms with van der Waals surface area (Å²) in [5.41, 5.74) is 1.73. The van der Waals surface area contributed by atoms with Crippen molar-refractivity contribution in [2.75, 3.05) is 13.6 Å². The molecule has 0 bridgehead atoms. The van der Waals surface area contributed by atoms with E-state index in [-0.39, 0.29) is 5.41 Å². The lowest BCUT2D eigenvalue weighted by Gasteiger charge is -2.51. The number of likely N-dealkylation sites (tertiary alicyclic amines) is 1. The predicted molar refractivity (Wildman–Crippen MR) is 80.5 cm³/mol. The first kappa shape index (κ1) is 14.5. The summed E-state index contributed by atoms with van der Waals surface area (Å²) in [6, 6.07) is 9.17. The number of piperidine rings is 1. The van der Waals surface area contributed by atoms with E-state index in [4.69, 9.17) is 0 Å². The van der Waals surface area contributed by atoms with E-state index >= 15 is 0 Å². The van der Waals surface area contributed by atoms with E-state index in [1.54, 1.807) is 0 Å². The molecule has 2 atom stereocenters. The fourth-order valence-electron chi connectivity index (χ4n) is 3.46. The minimum atomic E-state index is -0.698. The lowest BCUT2D eigenvalue weighted by Crippen LogP contribution is -2.56. The van der Waals surface area contributed by atoms with E-state index in [2.05, 4.69) is 50.1 Å². The highest BCUT2D eigenvalue weighted by Crippen LogP contribution is 2.45. The van der Waals surface area contributed by atoms with Crippen LogP contribution in [-0.4, -0.2) is 35.2 Å². The van der Waals surface area contributed by atoms with Gasteiger partial charge in [0, 0.05) is 11.5 Å². The summed E-state index contributed by atoms with van der Waals surface area (Å²) in [4.78, 5) is 2.39. The van der Waals surface area contributed by atoms with Crippen molar-refractivity contribution in [2.45, 2.75) is 57.6 Å². The van der Waals surface area contributed by atoms with Crippen molar-refractivity contribution in [3.05, 3.63) is 35.4 Å². The van der Waals surface area contributed by atoms with Crippen molar-refractivity contribution in [1.82, 2.24) is 4.90 Å². The quantitative estimate of drug-likeness (QED) is 0.884. The smallest absolute Gasteiger partial charge is 0.0689 e. The Morgan fingerprint density at radius 3 is 2.58 bits per heavy atom. The van der Waals surface area contributed by atoms with Crippen LogP contribution < -0.4 is 0 Å².